The van der Waals surface area contributed by atoms with E-state index in [1.54, 1.807) is 6.07 Å². The molecule has 1 aliphatic heterocycles. The number of para-hydroxylation sites is 2. The summed E-state index contributed by atoms with van der Waals surface area (Å²) < 4.78 is 6.01. The second-order valence-corrected chi connectivity index (χ2v) is 8.13. The number of unbranched alkanes of at least 4 members (excludes halogenated alkanes) is 2. The molecule has 0 bridgehead atoms. The van der Waals surface area contributed by atoms with Crippen molar-refractivity contribution < 1.29 is 9.84 Å². The largest absolute Gasteiger partial charge is 0.506 e. The Morgan fingerprint density at radius 2 is 1.80 bits per heavy atom. The number of nitrogens with zero attached hydrogens (tertiary/aromatic N) is 3. The molecule has 1 aromatic rings. The number of phenolic OH excluding ortho intramolecular Hbond substituents is 1. The predicted octanol–water partition coefficient (Wildman–Crippen LogP) is 4.23. The van der Waals surface area contributed by atoms with Crippen molar-refractivity contribution in [1.29, 1.82) is 0 Å². The fourth-order valence-electron chi connectivity index (χ4n) is 4.31. The van der Waals surface area contributed by atoms with Gasteiger partial charge in [-0.25, -0.2) is 0 Å². The predicted molar refractivity (Wildman–Crippen MR) is 135 cm³/mol. The van der Waals surface area contributed by atoms with Crippen LogP contribution in [0.1, 0.15) is 51.4 Å². The maximum absolute atomic E-state index is 10.1. The number of piperazine rings is 1. The Labute approximate surface area is 199 Å². The Balaban J connectivity index is 0.00000320. The summed E-state index contributed by atoms with van der Waals surface area (Å²) in [6, 6.07) is 7.57. The smallest absolute Gasteiger partial charge is 0.193 e. The molecule has 0 atom stereocenters. The molecule has 1 saturated carbocycles. The molecule has 2 aliphatic rings. The van der Waals surface area contributed by atoms with Gasteiger partial charge in [0, 0.05) is 46.4 Å². The first-order chi connectivity index (χ1) is 14.3. The van der Waals surface area contributed by atoms with Crippen molar-refractivity contribution in [2.24, 2.45) is 4.99 Å². The van der Waals surface area contributed by atoms with Gasteiger partial charge in [-0.1, -0.05) is 31.4 Å². The lowest BCUT2D eigenvalue weighted by Gasteiger charge is -2.37. The van der Waals surface area contributed by atoms with E-state index < -0.39 is 0 Å². The van der Waals surface area contributed by atoms with Crippen molar-refractivity contribution in [3.05, 3.63) is 24.3 Å². The first-order valence-corrected chi connectivity index (χ1v) is 11.4. The topological polar surface area (TPSA) is 60.3 Å². The summed E-state index contributed by atoms with van der Waals surface area (Å²) >= 11 is 0. The molecule has 1 saturated heterocycles. The summed E-state index contributed by atoms with van der Waals surface area (Å²) in [6.45, 7) is 5.45. The number of rotatable bonds is 8. The number of phenols is 1. The lowest BCUT2D eigenvalue weighted by Crippen LogP contribution is -2.52. The minimum Gasteiger partial charge on any atom is -0.506 e. The Morgan fingerprint density at radius 3 is 2.50 bits per heavy atom. The quantitative estimate of drug-likeness (QED) is 0.228. The van der Waals surface area contributed by atoms with Crippen LogP contribution in [0, 0.1) is 0 Å². The van der Waals surface area contributed by atoms with Crippen LogP contribution in [-0.4, -0.2) is 68.4 Å². The molecular weight excluding hydrogens is 491 g/mol. The number of nitrogens with one attached hydrogen (secondary N) is 1. The molecule has 2 fully saturated rings. The van der Waals surface area contributed by atoms with E-state index in [0.717, 1.165) is 63.8 Å². The molecule has 0 amide bonds. The number of ether oxygens (including phenoxy) is 1. The van der Waals surface area contributed by atoms with E-state index in [1.165, 1.54) is 38.5 Å². The van der Waals surface area contributed by atoms with Crippen LogP contribution in [0.4, 0.5) is 5.69 Å². The second-order valence-electron chi connectivity index (χ2n) is 8.13. The standard InChI is InChI=1S/C23H38N4O2.HI/c1-24-23(25-14-8-3-9-19-29-20-10-4-2-5-11-20)27-17-15-26(16-18-27)21-12-6-7-13-22(21)28;/h6-7,12-13,20,28H,2-5,8-11,14-19H2,1H3,(H,24,25);1H. The van der Waals surface area contributed by atoms with Gasteiger partial charge in [0.15, 0.2) is 5.96 Å². The van der Waals surface area contributed by atoms with Crippen molar-refractivity contribution in [1.82, 2.24) is 10.2 Å². The van der Waals surface area contributed by atoms with Crippen LogP contribution < -0.4 is 10.2 Å². The van der Waals surface area contributed by atoms with Gasteiger partial charge in [-0.05, 0) is 44.2 Å². The van der Waals surface area contributed by atoms with Crippen molar-refractivity contribution in [2.75, 3.05) is 51.3 Å². The number of hydrogen-bond acceptors (Lipinski definition) is 4. The van der Waals surface area contributed by atoms with E-state index >= 15 is 0 Å². The highest BCUT2D eigenvalue weighted by molar-refractivity contribution is 14.0. The molecule has 1 aromatic carbocycles. The van der Waals surface area contributed by atoms with Crippen LogP contribution in [0.3, 0.4) is 0 Å². The number of aromatic hydroxyl groups is 1. The van der Waals surface area contributed by atoms with Crippen LogP contribution >= 0.6 is 24.0 Å². The molecular formula is C23H39IN4O2. The Morgan fingerprint density at radius 1 is 1.07 bits per heavy atom. The van der Waals surface area contributed by atoms with Gasteiger partial charge in [0.2, 0.25) is 0 Å². The van der Waals surface area contributed by atoms with Crippen molar-refractivity contribution in [3.8, 4) is 5.75 Å². The third kappa shape index (κ3) is 7.80. The van der Waals surface area contributed by atoms with Gasteiger partial charge >= 0.3 is 0 Å². The van der Waals surface area contributed by atoms with Crippen molar-refractivity contribution in [3.63, 3.8) is 0 Å². The molecule has 1 aliphatic carbocycles. The van der Waals surface area contributed by atoms with Gasteiger partial charge in [-0.3, -0.25) is 4.99 Å². The molecule has 7 heteroatoms. The maximum Gasteiger partial charge on any atom is 0.193 e. The lowest BCUT2D eigenvalue weighted by atomic mass is 9.98. The molecule has 3 rings (SSSR count). The summed E-state index contributed by atoms with van der Waals surface area (Å²) in [5, 5.41) is 13.6. The average molecular weight is 530 g/mol. The van der Waals surface area contributed by atoms with E-state index in [2.05, 4.69) is 20.1 Å². The van der Waals surface area contributed by atoms with Gasteiger partial charge in [-0.2, -0.15) is 0 Å². The van der Waals surface area contributed by atoms with Gasteiger partial charge in [-0.15, -0.1) is 24.0 Å². The molecule has 6 nitrogen and oxygen atoms in total. The Kier molecular flexibility index (Phi) is 11.7. The molecule has 2 N–H and O–H groups in total. The van der Waals surface area contributed by atoms with Crippen LogP contribution in [0.5, 0.6) is 5.75 Å². The summed E-state index contributed by atoms with van der Waals surface area (Å²) in [7, 11) is 1.86. The van der Waals surface area contributed by atoms with E-state index in [1.807, 2.05) is 25.2 Å². The highest BCUT2D eigenvalue weighted by Gasteiger charge is 2.21. The number of halogens is 1. The van der Waals surface area contributed by atoms with E-state index in [-0.39, 0.29) is 24.0 Å². The normalized spacial score (nSPS) is 18.2. The molecule has 0 unspecified atom stereocenters. The molecule has 170 valence electrons. The van der Waals surface area contributed by atoms with Gasteiger partial charge in [0.25, 0.3) is 0 Å². The lowest BCUT2D eigenvalue weighted by molar-refractivity contribution is 0.0264. The van der Waals surface area contributed by atoms with Gasteiger partial charge < -0.3 is 25.0 Å². The van der Waals surface area contributed by atoms with Crippen molar-refractivity contribution >= 4 is 35.6 Å². The molecule has 30 heavy (non-hydrogen) atoms. The molecule has 0 spiro atoms. The molecule has 1 heterocycles. The summed E-state index contributed by atoms with van der Waals surface area (Å²) in [6.07, 6.45) is 10.6. The third-order valence-electron chi connectivity index (χ3n) is 6.02. The molecule has 0 aromatic heterocycles. The van der Waals surface area contributed by atoms with E-state index in [9.17, 15) is 5.11 Å². The Hall–Kier alpha value is -1.22. The number of anilines is 1. The first kappa shape index (κ1) is 25.0. The zero-order valence-corrected chi connectivity index (χ0v) is 20.7. The van der Waals surface area contributed by atoms with Crippen molar-refractivity contribution in [2.45, 2.75) is 57.5 Å². The first-order valence-electron chi connectivity index (χ1n) is 11.4. The summed E-state index contributed by atoms with van der Waals surface area (Å²) in [4.78, 5) is 9.01. The van der Waals surface area contributed by atoms with Crippen LogP contribution in [0.25, 0.3) is 0 Å². The highest BCUT2D eigenvalue weighted by Crippen LogP contribution is 2.27. The fraction of sp³-hybridized carbons (Fsp3) is 0.696. The zero-order chi connectivity index (χ0) is 20.3. The second kappa shape index (κ2) is 14.0. The van der Waals surface area contributed by atoms with Crippen LogP contribution in [0.2, 0.25) is 0 Å². The monoisotopic (exact) mass is 530 g/mol. The van der Waals surface area contributed by atoms with Crippen LogP contribution in [-0.2, 0) is 4.74 Å². The Bertz CT molecular complexity index is 629. The number of hydrogen-bond donors (Lipinski definition) is 2. The van der Waals surface area contributed by atoms with E-state index in [4.69, 9.17) is 4.74 Å². The number of benzene rings is 1. The highest BCUT2D eigenvalue weighted by atomic mass is 127. The fourth-order valence-corrected chi connectivity index (χ4v) is 4.31. The van der Waals surface area contributed by atoms with Crippen LogP contribution in [0.15, 0.2) is 29.3 Å². The van der Waals surface area contributed by atoms with Gasteiger partial charge in [0.1, 0.15) is 5.75 Å². The third-order valence-corrected chi connectivity index (χ3v) is 6.02. The van der Waals surface area contributed by atoms with E-state index in [0.29, 0.717) is 11.9 Å². The minimum atomic E-state index is 0. The summed E-state index contributed by atoms with van der Waals surface area (Å²) in [5.74, 6) is 1.34. The number of guanidine groups is 1. The number of aliphatic imine (C=N–C) groups is 1. The van der Waals surface area contributed by atoms with Gasteiger partial charge in [0.05, 0.1) is 11.8 Å². The average Bonchev–Trinajstić information content (AvgIpc) is 2.77. The molecule has 0 radical (unpaired) electrons. The zero-order valence-electron chi connectivity index (χ0n) is 18.4. The summed E-state index contributed by atoms with van der Waals surface area (Å²) in [5.41, 5.74) is 0.922. The SMILES string of the molecule is CN=C(NCCCCCOC1CCCCC1)N1CCN(c2ccccc2O)CC1.I. The minimum absolute atomic E-state index is 0. The maximum atomic E-state index is 10.1.